The van der Waals surface area contributed by atoms with Crippen LogP contribution >= 0.6 is 15.9 Å². The number of nitrogens with one attached hydrogen (secondary N) is 1. The third-order valence-electron chi connectivity index (χ3n) is 3.22. The highest BCUT2D eigenvalue weighted by molar-refractivity contribution is 9.10. The summed E-state index contributed by atoms with van der Waals surface area (Å²) in [5.74, 6) is 0.948. The lowest BCUT2D eigenvalue weighted by atomic mass is 10.1. The Morgan fingerprint density at radius 1 is 1.15 bits per heavy atom. The number of ether oxygens (including phenoxy) is 1. The van der Waals surface area contributed by atoms with Gasteiger partial charge in [0.05, 0.1) is 6.61 Å². The van der Waals surface area contributed by atoms with Crippen molar-refractivity contribution in [3.05, 3.63) is 64.1 Å². The van der Waals surface area contributed by atoms with Crippen molar-refractivity contribution in [1.29, 1.82) is 0 Å². The first kappa shape index (κ1) is 15.1. The summed E-state index contributed by atoms with van der Waals surface area (Å²) in [6, 6.07) is 16.9. The number of benzene rings is 2. The van der Waals surface area contributed by atoms with Crippen molar-refractivity contribution in [3.8, 4) is 5.75 Å². The van der Waals surface area contributed by atoms with Gasteiger partial charge in [-0.05, 0) is 37.6 Å². The van der Waals surface area contributed by atoms with Gasteiger partial charge < -0.3 is 10.1 Å². The van der Waals surface area contributed by atoms with Gasteiger partial charge in [-0.2, -0.15) is 0 Å². The lowest BCUT2D eigenvalue weighted by molar-refractivity contribution is 0.335. The molecule has 3 heteroatoms. The first-order chi connectivity index (χ1) is 9.70. The van der Waals surface area contributed by atoms with Gasteiger partial charge in [0.2, 0.25) is 0 Å². The van der Waals surface area contributed by atoms with Crippen molar-refractivity contribution in [3.63, 3.8) is 0 Å². The normalized spacial score (nSPS) is 12.2. The molecule has 0 heterocycles. The zero-order chi connectivity index (χ0) is 14.4. The van der Waals surface area contributed by atoms with Crippen LogP contribution in [0.25, 0.3) is 0 Å². The highest BCUT2D eigenvalue weighted by Crippen LogP contribution is 2.24. The second-order valence-electron chi connectivity index (χ2n) is 4.70. The zero-order valence-corrected chi connectivity index (χ0v) is 13.5. The van der Waals surface area contributed by atoms with E-state index in [0.717, 1.165) is 16.8 Å². The highest BCUT2D eigenvalue weighted by Gasteiger charge is 2.08. The topological polar surface area (TPSA) is 21.3 Å². The van der Waals surface area contributed by atoms with E-state index in [-0.39, 0.29) is 0 Å². The smallest absolute Gasteiger partial charge is 0.123 e. The van der Waals surface area contributed by atoms with E-state index in [1.54, 1.807) is 0 Å². The molecule has 0 radical (unpaired) electrons. The Hall–Kier alpha value is -1.32. The molecule has 2 rings (SSSR count). The summed E-state index contributed by atoms with van der Waals surface area (Å²) in [6.07, 6.45) is 0. The second kappa shape index (κ2) is 7.46. The van der Waals surface area contributed by atoms with E-state index in [4.69, 9.17) is 4.74 Å². The Bertz CT molecular complexity index is 542. The van der Waals surface area contributed by atoms with Crippen molar-refractivity contribution >= 4 is 15.9 Å². The molecule has 0 saturated heterocycles. The monoisotopic (exact) mass is 333 g/mol. The van der Waals surface area contributed by atoms with Gasteiger partial charge in [0, 0.05) is 22.6 Å². The molecule has 0 unspecified atom stereocenters. The van der Waals surface area contributed by atoms with E-state index in [0.29, 0.717) is 12.6 Å². The lowest BCUT2D eigenvalue weighted by Gasteiger charge is -2.16. The van der Waals surface area contributed by atoms with Crippen molar-refractivity contribution in [2.45, 2.75) is 26.4 Å². The molecular formula is C17H20BrNO. The van der Waals surface area contributed by atoms with Crippen LogP contribution in [-0.2, 0) is 6.54 Å². The summed E-state index contributed by atoms with van der Waals surface area (Å²) in [5, 5.41) is 3.54. The molecule has 0 bridgehead atoms. The summed E-state index contributed by atoms with van der Waals surface area (Å²) in [7, 11) is 0. The molecule has 0 aliphatic rings. The Kier molecular flexibility index (Phi) is 5.62. The molecule has 2 aromatic rings. The maximum absolute atomic E-state index is 5.67. The minimum Gasteiger partial charge on any atom is -0.494 e. The van der Waals surface area contributed by atoms with E-state index in [9.17, 15) is 0 Å². The fraction of sp³-hybridized carbons (Fsp3) is 0.294. The Balaban J connectivity index is 2.05. The molecule has 2 aromatic carbocycles. The molecule has 0 saturated carbocycles. The Morgan fingerprint density at radius 3 is 2.60 bits per heavy atom. The third kappa shape index (κ3) is 4.09. The Labute approximate surface area is 129 Å². The van der Waals surface area contributed by atoms with Crippen LogP contribution in [0.15, 0.2) is 53.0 Å². The van der Waals surface area contributed by atoms with Crippen LogP contribution in [0.5, 0.6) is 5.75 Å². The van der Waals surface area contributed by atoms with Crippen molar-refractivity contribution in [2.75, 3.05) is 6.61 Å². The molecule has 1 atom stereocenters. The minimum atomic E-state index is 0.310. The van der Waals surface area contributed by atoms with Gasteiger partial charge in [-0.15, -0.1) is 0 Å². The fourth-order valence-electron chi connectivity index (χ4n) is 2.11. The molecule has 106 valence electrons. The average Bonchev–Trinajstić information content (AvgIpc) is 2.48. The van der Waals surface area contributed by atoms with E-state index >= 15 is 0 Å². The summed E-state index contributed by atoms with van der Waals surface area (Å²) in [4.78, 5) is 0. The molecule has 0 aromatic heterocycles. The number of hydrogen-bond donors (Lipinski definition) is 1. The van der Waals surface area contributed by atoms with Crippen molar-refractivity contribution in [2.24, 2.45) is 0 Å². The van der Waals surface area contributed by atoms with Gasteiger partial charge in [-0.3, -0.25) is 0 Å². The molecule has 1 N–H and O–H groups in total. The second-order valence-corrected chi connectivity index (χ2v) is 5.61. The SMILES string of the molecule is CCOc1ccc(Br)cc1CN[C@@H](C)c1ccccc1. The molecule has 0 fully saturated rings. The largest absolute Gasteiger partial charge is 0.494 e. The zero-order valence-electron chi connectivity index (χ0n) is 11.9. The Morgan fingerprint density at radius 2 is 1.90 bits per heavy atom. The van der Waals surface area contributed by atoms with Gasteiger partial charge in [0.1, 0.15) is 5.75 Å². The predicted molar refractivity (Wildman–Crippen MR) is 87.0 cm³/mol. The van der Waals surface area contributed by atoms with Gasteiger partial charge in [0.15, 0.2) is 0 Å². The maximum Gasteiger partial charge on any atom is 0.123 e. The third-order valence-corrected chi connectivity index (χ3v) is 3.71. The van der Waals surface area contributed by atoms with Gasteiger partial charge in [-0.1, -0.05) is 46.3 Å². The molecule has 20 heavy (non-hydrogen) atoms. The van der Waals surface area contributed by atoms with E-state index in [1.165, 1.54) is 11.1 Å². The van der Waals surface area contributed by atoms with Gasteiger partial charge in [0.25, 0.3) is 0 Å². The standard InChI is InChI=1S/C17H20BrNO/c1-3-20-17-10-9-16(18)11-15(17)12-19-13(2)14-7-5-4-6-8-14/h4-11,13,19H,3,12H2,1-2H3/t13-/m0/s1. The molecule has 0 aliphatic heterocycles. The minimum absolute atomic E-state index is 0.310. The first-order valence-electron chi connectivity index (χ1n) is 6.90. The summed E-state index contributed by atoms with van der Waals surface area (Å²) < 4.78 is 6.74. The van der Waals surface area contributed by atoms with Crippen LogP contribution in [0, 0.1) is 0 Å². The van der Waals surface area contributed by atoms with Crippen LogP contribution in [0.2, 0.25) is 0 Å². The van der Waals surface area contributed by atoms with Gasteiger partial charge >= 0.3 is 0 Å². The lowest BCUT2D eigenvalue weighted by Crippen LogP contribution is -2.18. The highest BCUT2D eigenvalue weighted by atomic mass is 79.9. The fourth-order valence-corrected chi connectivity index (χ4v) is 2.51. The summed E-state index contributed by atoms with van der Waals surface area (Å²) in [5.41, 5.74) is 2.46. The number of rotatable bonds is 6. The van der Waals surface area contributed by atoms with Crippen LogP contribution < -0.4 is 10.1 Å². The summed E-state index contributed by atoms with van der Waals surface area (Å²) in [6.45, 7) is 5.65. The molecule has 0 amide bonds. The maximum atomic E-state index is 5.67. The van der Waals surface area contributed by atoms with Crippen molar-refractivity contribution in [1.82, 2.24) is 5.32 Å². The van der Waals surface area contributed by atoms with E-state index < -0.39 is 0 Å². The quantitative estimate of drug-likeness (QED) is 0.827. The number of hydrogen-bond acceptors (Lipinski definition) is 2. The predicted octanol–water partition coefficient (Wildman–Crippen LogP) is 4.70. The summed E-state index contributed by atoms with van der Waals surface area (Å²) >= 11 is 3.52. The van der Waals surface area contributed by atoms with Crippen LogP contribution in [0.1, 0.15) is 31.0 Å². The molecule has 2 nitrogen and oxygen atoms in total. The molecular weight excluding hydrogens is 314 g/mol. The van der Waals surface area contributed by atoms with Crippen molar-refractivity contribution < 1.29 is 4.74 Å². The van der Waals surface area contributed by atoms with E-state index in [2.05, 4.69) is 58.5 Å². The average molecular weight is 334 g/mol. The van der Waals surface area contributed by atoms with Crippen LogP contribution in [0.3, 0.4) is 0 Å². The first-order valence-corrected chi connectivity index (χ1v) is 7.69. The van der Waals surface area contributed by atoms with Gasteiger partial charge in [-0.25, -0.2) is 0 Å². The van der Waals surface area contributed by atoms with E-state index in [1.807, 2.05) is 25.1 Å². The van der Waals surface area contributed by atoms with Crippen LogP contribution in [0.4, 0.5) is 0 Å². The molecule has 0 aliphatic carbocycles. The molecule has 0 spiro atoms. The number of halogens is 1. The van der Waals surface area contributed by atoms with Crippen LogP contribution in [-0.4, -0.2) is 6.61 Å².